The van der Waals surface area contributed by atoms with E-state index in [1.807, 2.05) is 0 Å². The molecule has 1 atom stereocenters. The summed E-state index contributed by atoms with van der Waals surface area (Å²) in [6, 6.07) is 3.33. The molecule has 1 aromatic rings. The van der Waals surface area contributed by atoms with Crippen LogP contribution in [0.15, 0.2) is 18.3 Å². The minimum absolute atomic E-state index is 0.449. The lowest BCUT2D eigenvalue weighted by Crippen LogP contribution is -2.46. The van der Waals surface area contributed by atoms with Gasteiger partial charge in [0.2, 0.25) is 5.95 Å². The smallest absolute Gasteiger partial charge is 0.213 e. The molecule has 70 valence electrons. The van der Waals surface area contributed by atoms with Crippen LogP contribution >= 0.6 is 0 Å². The van der Waals surface area contributed by atoms with E-state index in [4.69, 9.17) is 4.74 Å². The zero-order chi connectivity index (χ0) is 9.10. The highest BCUT2D eigenvalue weighted by molar-refractivity contribution is 5.16. The van der Waals surface area contributed by atoms with Crippen LogP contribution in [0, 0.1) is 5.95 Å². The minimum atomic E-state index is -0.478. The zero-order valence-electron chi connectivity index (χ0n) is 7.16. The van der Waals surface area contributed by atoms with E-state index in [1.54, 1.807) is 6.07 Å². The first-order valence-electron chi connectivity index (χ1n) is 4.32. The number of nitrogens with one attached hydrogen (secondary N) is 1. The third-order valence-corrected chi connectivity index (χ3v) is 2.08. The van der Waals surface area contributed by atoms with E-state index < -0.39 is 5.95 Å². The third kappa shape index (κ3) is 2.15. The van der Waals surface area contributed by atoms with Gasteiger partial charge in [0.1, 0.15) is 12.4 Å². The Hall–Kier alpha value is -1.16. The zero-order valence-corrected chi connectivity index (χ0v) is 7.16. The van der Waals surface area contributed by atoms with Gasteiger partial charge in [-0.25, -0.2) is 4.98 Å². The predicted octanol–water partition coefficient (Wildman–Crippen LogP) is 0.961. The number of hydrogen-bond donors (Lipinski definition) is 1. The monoisotopic (exact) mass is 181 g/mol. The van der Waals surface area contributed by atoms with E-state index >= 15 is 0 Å². The van der Waals surface area contributed by atoms with Crippen molar-refractivity contribution in [2.45, 2.75) is 12.5 Å². The molecule has 2 rings (SSSR count). The van der Waals surface area contributed by atoms with Crippen molar-refractivity contribution in [3.63, 3.8) is 0 Å². The van der Waals surface area contributed by atoms with Gasteiger partial charge in [-0.05, 0) is 25.1 Å². The van der Waals surface area contributed by atoms with E-state index in [0.717, 1.165) is 13.0 Å². The number of nitrogens with zero attached hydrogens (tertiary/aromatic N) is 1. The van der Waals surface area contributed by atoms with Crippen molar-refractivity contribution in [2.24, 2.45) is 0 Å². The summed E-state index contributed by atoms with van der Waals surface area (Å²) < 4.78 is 17.8. The van der Waals surface area contributed by atoms with Gasteiger partial charge in [-0.1, -0.05) is 0 Å². The Morgan fingerprint density at radius 1 is 1.62 bits per heavy atom. The van der Waals surface area contributed by atoms with Gasteiger partial charge in [0, 0.05) is 6.04 Å². The fourth-order valence-electron chi connectivity index (χ4n) is 1.14. The molecular formula is C9H11FN2O. The summed E-state index contributed by atoms with van der Waals surface area (Å²) >= 11 is 0. The van der Waals surface area contributed by atoms with Crippen LogP contribution < -0.4 is 10.1 Å². The maximum Gasteiger partial charge on any atom is 0.213 e. The first-order valence-corrected chi connectivity index (χ1v) is 4.32. The molecule has 1 fully saturated rings. The molecule has 0 aromatic carbocycles. The van der Waals surface area contributed by atoms with Crippen molar-refractivity contribution in [1.29, 1.82) is 0 Å². The molecular weight excluding hydrogens is 170 g/mol. The Kier molecular flexibility index (Phi) is 2.40. The molecule has 1 aliphatic rings. The molecule has 4 heteroatoms. The lowest BCUT2D eigenvalue weighted by Gasteiger charge is -2.27. The Bertz CT molecular complexity index is 271. The molecule has 0 saturated carbocycles. The van der Waals surface area contributed by atoms with Crippen LogP contribution in [0.2, 0.25) is 0 Å². The van der Waals surface area contributed by atoms with E-state index in [1.165, 1.54) is 12.3 Å². The van der Waals surface area contributed by atoms with Crippen LogP contribution in [-0.4, -0.2) is 24.2 Å². The second kappa shape index (κ2) is 3.70. The van der Waals surface area contributed by atoms with Crippen molar-refractivity contribution in [3.05, 3.63) is 24.3 Å². The molecule has 1 unspecified atom stereocenters. The summed E-state index contributed by atoms with van der Waals surface area (Å²) in [5.74, 6) is 0.143. The predicted molar refractivity (Wildman–Crippen MR) is 46.1 cm³/mol. The summed E-state index contributed by atoms with van der Waals surface area (Å²) in [5.41, 5.74) is 0. The lowest BCUT2D eigenvalue weighted by atomic mass is 10.1. The Labute approximate surface area is 75.9 Å². The second-order valence-electron chi connectivity index (χ2n) is 3.07. The summed E-state index contributed by atoms with van der Waals surface area (Å²) in [4.78, 5) is 3.49. The SMILES string of the molecule is [18F]c1ccc(OCC2CCN2)cn1. The van der Waals surface area contributed by atoms with Crippen LogP contribution in [0.5, 0.6) is 5.75 Å². The van der Waals surface area contributed by atoms with Crippen molar-refractivity contribution < 1.29 is 9.13 Å². The van der Waals surface area contributed by atoms with E-state index in [-0.39, 0.29) is 0 Å². The average Bonchev–Trinajstić information content (AvgIpc) is 2.05. The van der Waals surface area contributed by atoms with Gasteiger partial charge in [-0.15, -0.1) is 0 Å². The van der Waals surface area contributed by atoms with Crippen LogP contribution in [0.25, 0.3) is 0 Å². The lowest BCUT2D eigenvalue weighted by molar-refractivity contribution is 0.216. The fourth-order valence-corrected chi connectivity index (χ4v) is 1.14. The number of halogens is 1. The number of rotatable bonds is 3. The van der Waals surface area contributed by atoms with Crippen LogP contribution in [0.3, 0.4) is 0 Å². The van der Waals surface area contributed by atoms with Gasteiger partial charge in [0.05, 0.1) is 6.20 Å². The van der Waals surface area contributed by atoms with E-state index in [9.17, 15) is 4.39 Å². The highest BCUT2D eigenvalue weighted by Gasteiger charge is 2.16. The van der Waals surface area contributed by atoms with Crippen LogP contribution in [-0.2, 0) is 0 Å². The maximum absolute atomic E-state index is 12.4. The number of hydrogen-bond acceptors (Lipinski definition) is 3. The molecule has 0 amide bonds. The molecule has 0 aliphatic carbocycles. The normalized spacial score (nSPS) is 20.8. The van der Waals surface area contributed by atoms with E-state index in [0.29, 0.717) is 18.4 Å². The highest BCUT2D eigenvalue weighted by atomic mass is 18.2. The summed E-state index contributed by atoms with van der Waals surface area (Å²) in [6.45, 7) is 1.70. The van der Waals surface area contributed by atoms with E-state index in [2.05, 4.69) is 10.3 Å². The van der Waals surface area contributed by atoms with Gasteiger partial charge < -0.3 is 10.1 Å². The second-order valence-corrected chi connectivity index (χ2v) is 3.07. The quantitative estimate of drug-likeness (QED) is 0.705. The molecule has 1 saturated heterocycles. The molecule has 1 aromatic heterocycles. The van der Waals surface area contributed by atoms with Crippen molar-refractivity contribution in [1.82, 2.24) is 10.3 Å². The summed E-state index contributed by atoms with van der Waals surface area (Å²) in [7, 11) is 0. The first kappa shape index (κ1) is 8.44. The topological polar surface area (TPSA) is 34.1 Å². The minimum Gasteiger partial charge on any atom is -0.490 e. The number of ether oxygens (including phenoxy) is 1. The molecule has 0 bridgehead atoms. The Balaban J connectivity index is 1.83. The molecule has 3 nitrogen and oxygen atoms in total. The standard InChI is InChI=1S/C9H11FN2O/c10-9-2-1-8(5-12-9)13-6-7-3-4-11-7/h1-2,5,7,11H,3-4,6H2/i10-1. The van der Waals surface area contributed by atoms with Crippen molar-refractivity contribution in [3.8, 4) is 5.75 Å². The first-order chi connectivity index (χ1) is 6.34. The highest BCUT2D eigenvalue weighted by Crippen LogP contribution is 2.10. The summed E-state index contributed by atoms with van der Waals surface area (Å²) in [6.07, 6.45) is 2.54. The number of aromatic nitrogens is 1. The van der Waals surface area contributed by atoms with Gasteiger partial charge in [-0.2, -0.15) is 4.39 Å². The largest absolute Gasteiger partial charge is 0.490 e. The van der Waals surface area contributed by atoms with Crippen LogP contribution in [0.1, 0.15) is 6.42 Å². The fraction of sp³-hybridized carbons (Fsp3) is 0.444. The van der Waals surface area contributed by atoms with Crippen LogP contribution in [0.4, 0.5) is 4.39 Å². The average molecular weight is 181 g/mol. The molecule has 13 heavy (non-hydrogen) atoms. The molecule has 0 spiro atoms. The van der Waals surface area contributed by atoms with Crippen molar-refractivity contribution >= 4 is 0 Å². The Morgan fingerprint density at radius 2 is 2.46 bits per heavy atom. The molecule has 1 aliphatic heterocycles. The van der Waals surface area contributed by atoms with Gasteiger partial charge in [0.25, 0.3) is 0 Å². The maximum atomic E-state index is 12.4. The third-order valence-electron chi connectivity index (χ3n) is 2.08. The van der Waals surface area contributed by atoms with Gasteiger partial charge in [0.15, 0.2) is 0 Å². The van der Waals surface area contributed by atoms with Gasteiger partial charge >= 0.3 is 0 Å². The molecule has 0 radical (unpaired) electrons. The van der Waals surface area contributed by atoms with Gasteiger partial charge in [-0.3, -0.25) is 0 Å². The number of pyridine rings is 1. The molecule has 2 heterocycles. The van der Waals surface area contributed by atoms with Crippen molar-refractivity contribution in [2.75, 3.05) is 13.2 Å². The molecule has 1 N–H and O–H groups in total. The summed E-state index contributed by atoms with van der Waals surface area (Å²) in [5, 5.41) is 3.21. The Morgan fingerprint density at radius 3 is 3.00 bits per heavy atom.